The second-order valence-electron chi connectivity index (χ2n) is 10.6. The number of fused-ring (bicyclic) bond motifs is 1. The summed E-state index contributed by atoms with van der Waals surface area (Å²) < 4.78 is 0. The van der Waals surface area contributed by atoms with Gasteiger partial charge in [-0.2, -0.15) is 0 Å². The third kappa shape index (κ3) is 5.02. The van der Waals surface area contributed by atoms with Crippen LogP contribution in [0.1, 0.15) is 62.5 Å². The van der Waals surface area contributed by atoms with Gasteiger partial charge in [-0.15, -0.1) is 0 Å². The Balaban J connectivity index is 1.42. The molecule has 0 saturated heterocycles. The van der Waals surface area contributed by atoms with Gasteiger partial charge in [-0.3, -0.25) is 14.6 Å². The van der Waals surface area contributed by atoms with Crippen LogP contribution in [0.25, 0.3) is 0 Å². The third-order valence-electron chi connectivity index (χ3n) is 8.47. The molecule has 1 heterocycles. The molecule has 4 rings (SSSR count). The Morgan fingerprint density at radius 3 is 2.53 bits per heavy atom. The Bertz CT molecular complexity index is 983. The molecule has 1 aromatic heterocycles. The number of nitrogens with one attached hydrogen (secondary N) is 2. The summed E-state index contributed by atoms with van der Waals surface area (Å²) in [4.78, 5) is 29.9. The van der Waals surface area contributed by atoms with E-state index in [4.69, 9.17) is 0 Å². The van der Waals surface area contributed by atoms with Crippen LogP contribution in [0.15, 0.2) is 54.7 Å². The quantitative estimate of drug-likeness (QED) is 0.605. The van der Waals surface area contributed by atoms with Crippen molar-refractivity contribution in [3.8, 4) is 0 Å². The molecule has 7 atom stereocenters. The number of aliphatic hydroxyl groups is 1. The van der Waals surface area contributed by atoms with Gasteiger partial charge in [0.1, 0.15) is 5.69 Å². The molecule has 0 spiro atoms. The van der Waals surface area contributed by atoms with Crippen molar-refractivity contribution < 1.29 is 14.7 Å². The number of pyridine rings is 1. The molecular formula is C28H37N3O3. The van der Waals surface area contributed by atoms with E-state index in [1.807, 2.05) is 43.3 Å². The molecule has 1 aromatic carbocycles. The zero-order chi connectivity index (χ0) is 24.3. The number of nitrogens with zero attached hydrogens (tertiary/aromatic N) is 1. The number of aliphatic hydroxyl groups excluding tert-OH is 1. The highest BCUT2D eigenvalue weighted by molar-refractivity contribution is 5.92. The summed E-state index contributed by atoms with van der Waals surface area (Å²) in [5.41, 5.74) is 1.49. The van der Waals surface area contributed by atoms with E-state index in [2.05, 4.69) is 29.5 Å². The fraction of sp³-hybridized carbons (Fsp3) is 0.536. The first-order valence-corrected chi connectivity index (χ1v) is 12.5. The average Bonchev–Trinajstić information content (AvgIpc) is 2.85. The molecule has 2 aromatic rings. The van der Waals surface area contributed by atoms with Crippen LogP contribution < -0.4 is 10.6 Å². The lowest BCUT2D eigenvalue weighted by molar-refractivity contribution is -0.142. The first-order valence-electron chi connectivity index (χ1n) is 12.5. The first kappa shape index (κ1) is 24.4. The largest absolute Gasteiger partial charge is 0.392 e. The van der Waals surface area contributed by atoms with E-state index in [0.717, 1.165) is 31.2 Å². The fourth-order valence-electron chi connectivity index (χ4n) is 6.38. The lowest BCUT2D eigenvalue weighted by atomic mass is 9.51. The minimum Gasteiger partial charge on any atom is -0.392 e. The zero-order valence-electron chi connectivity index (χ0n) is 20.4. The van der Waals surface area contributed by atoms with E-state index < -0.39 is 6.10 Å². The Labute approximate surface area is 202 Å². The predicted octanol–water partition coefficient (Wildman–Crippen LogP) is 3.96. The number of hydrogen-bond donors (Lipinski definition) is 3. The van der Waals surface area contributed by atoms with Crippen molar-refractivity contribution in [3.05, 3.63) is 66.0 Å². The summed E-state index contributed by atoms with van der Waals surface area (Å²) in [6.45, 7) is 6.83. The topological polar surface area (TPSA) is 91.3 Å². The molecular weight excluding hydrogens is 426 g/mol. The summed E-state index contributed by atoms with van der Waals surface area (Å²) in [6.07, 6.45) is 4.70. The van der Waals surface area contributed by atoms with Gasteiger partial charge in [0.15, 0.2) is 0 Å². The number of hydrogen-bond acceptors (Lipinski definition) is 4. The Hall–Kier alpha value is -2.73. The van der Waals surface area contributed by atoms with Crippen LogP contribution >= 0.6 is 0 Å². The smallest absolute Gasteiger partial charge is 0.270 e. The van der Waals surface area contributed by atoms with Gasteiger partial charge in [0.2, 0.25) is 5.91 Å². The summed E-state index contributed by atoms with van der Waals surface area (Å²) in [5.74, 6) is -0.431. The predicted molar refractivity (Wildman–Crippen MR) is 132 cm³/mol. The van der Waals surface area contributed by atoms with Gasteiger partial charge >= 0.3 is 0 Å². The molecule has 0 radical (unpaired) electrons. The molecule has 6 heteroatoms. The van der Waals surface area contributed by atoms with Gasteiger partial charge in [0.25, 0.3) is 5.91 Å². The molecule has 182 valence electrons. The monoisotopic (exact) mass is 463 g/mol. The molecule has 2 aliphatic rings. The number of benzene rings is 1. The van der Waals surface area contributed by atoms with Crippen LogP contribution in [0, 0.1) is 29.1 Å². The van der Waals surface area contributed by atoms with Gasteiger partial charge in [-0.05, 0) is 66.5 Å². The maximum atomic E-state index is 13.0. The van der Waals surface area contributed by atoms with Crippen molar-refractivity contribution in [2.24, 2.45) is 29.1 Å². The molecule has 7 unspecified atom stereocenters. The summed E-state index contributed by atoms with van der Waals surface area (Å²) in [7, 11) is 0. The van der Waals surface area contributed by atoms with Crippen LogP contribution in [0.3, 0.4) is 0 Å². The molecule has 0 bridgehead atoms. The zero-order valence-corrected chi connectivity index (χ0v) is 20.4. The van der Waals surface area contributed by atoms with Crippen LogP contribution in [-0.2, 0) is 11.3 Å². The third-order valence-corrected chi connectivity index (χ3v) is 8.47. The van der Waals surface area contributed by atoms with Crippen LogP contribution in [0.4, 0.5) is 0 Å². The summed E-state index contributed by atoms with van der Waals surface area (Å²) in [6, 6.07) is 15.2. The van der Waals surface area contributed by atoms with Crippen LogP contribution in [-0.4, -0.2) is 34.1 Å². The Morgan fingerprint density at radius 1 is 1.12 bits per heavy atom. The van der Waals surface area contributed by atoms with Gasteiger partial charge < -0.3 is 15.7 Å². The van der Waals surface area contributed by atoms with E-state index in [0.29, 0.717) is 12.2 Å². The molecule has 2 amide bonds. The van der Waals surface area contributed by atoms with Crippen molar-refractivity contribution in [1.82, 2.24) is 15.6 Å². The van der Waals surface area contributed by atoms with Crippen molar-refractivity contribution >= 4 is 11.8 Å². The van der Waals surface area contributed by atoms with E-state index >= 15 is 0 Å². The number of amides is 2. The number of carbonyl (C=O) groups excluding carboxylic acids is 2. The van der Waals surface area contributed by atoms with Gasteiger partial charge in [-0.25, -0.2) is 0 Å². The van der Waals surface area contributed by atoms with Crippen LogP contribution in [0.5, 0.6) is 0 Å². The second-order valence-corrected chi connectivity index (χ2v) is 10.6. The molecule has 2 saturated carbocycles. The highest BCUT2D eigenvalue weighted by atomic mass is 16.3. The first-order chi connectivity index (χ1) is 16.3. The highest BCUT2D eigenvalue weighted by Crippen LogP contribution is 2.55. The average molecular weight is 464 g/mol. The van der Waals surface area contributed by atoms with Crippen molar-refractivity contribution in [1.29, 1.82) is 0 Å². The molecule has 2 fully saturated rings. The van der Waals surface area contributed by atoms with Crippen molar-refractivity contribution in [2.75, 3.05) is 0 Å². The summed E-state index contributed by atoms with van der Waals surface area (Å²) in [5, 5.41) is 17.8. The minimum atomic E-state index is -0.583. The minimum absolute atomic E-state index is 0.0139. The lowest BCUT2D eigenvalue weighted by Crippen LogP contribution is -2.58. The number of aromatic nitrogens is 1. The summed E-state index contributed by atoms with van der Waals surface area (Å²) >= 11 is 0. The van der Waals surface area contributed by atoms with Gasteiger partial charge in [-0.1, -0.05) is 57.2 Å². The van der Waals surface area contributed by atoms with Gasteiger partial charge in [0.05, 0.1) is 6.10 Å². The molecule has 2 aliphatic carbocycles. The van der Waals surface area contributed by atoms with Crippen molar-refractivity contribution in [3.63, 3.8) is 0 Å². The highest BCUT2D eigenvalue weighted by Gasteiger charge is 2.53. The van der Waals surface area contributed by atoms with Crippen LogP contribution in [0.2, 0.25) is 0 Å². The second kappa shape index (κ2) is 10.3. The van der Waals surface area contributed by atoms with E-state index in [1.165, 1.54) is 0 Å². The molecule has 34 heavy (non-hydrogen) atoms. The number of rotatable bonds is 6. The lowest BCUT2D eigenvalue weighted by Gasteiger charge is -2.56. The Morgan fingerprint density at radius 2 is 1.82 bits per heavy atom. The molecule has 6 nitrogen and oxygen atoms in total. The SMILES string of the molecule is CC(C(=O)NCc1ccccc1)C1CCC2(C)CCC(NC(=O)c3ccccn3)C(C)C2C1O. The van der Waals surface area contributed by atoms with Crippen molar-refractivity contribution in [2.45, 2.75) is 65.1 Å². The maximum absolute atomic E-state index is 13.0. The van der Waals surface area contributed by atoms with E-state index in [-0.39, 0.29) is 46.9 Å². The molecule has 3 N–H and O–H groups in total. The van der Waals surface area contributed by atoms with E-state index in [1.54, 1.807) is 18.3 Å². The molecule has 0 aliphatic heterocycles. The normalized spacial score (nSPS) is 31.7. The van der Waals surface area contributed by atoms with E-state index in [9.17, 15) is 14.7 Å². The fourth-order valence-corrected chi connectivity index (χ4v) is 6.38. The maximum Gasteiger partial charge on any atom is 0.270 e. The van der Waals surface area contributed by atoms with Gasteiger partial charge in [0, 0.05) is 24.7 Å². The Kier molecular flexibility index (Phi) is 7.36. The number of carbonyl (C=O) groups is 2. The standard InChI is InChI=1S/C28H37N3O3/c1-18(26(33)30-17-20-9-5-4-6-10-20)21-12-14-28(3)15-13-22(19(2)24(28)25(21)32)31-27(34)23-11-7-8-16-29-23/h4-11,16,18-19,21-22,24-25,32H,12-15,17H2,1-3H3,(H,30,33)(H,31,34).